The minimum Gasteiger partial charge on any atom is -0.301 e. The Labute approximate surface area is 168 Å². The number of unbranched alkanes of at least 4 members (excludes halogenated alkanes) is 2. The highest BCUT2D eigenvalue weighted by atomic mass is 32.2. The molecule has 1 nitrogen and oxygen atoms in total. The van der Waals surface area contributed by atoms with Crippen LogP contribution in [0.5, 0.6) is 0 Å². The zero-order valence-corrected chi connectivity index (χ0v) is 17.5. The summed E-state index contributed by atoms with van der Waals surface area (Å²) in [7, 11) is 1.86. The SMILES string of the molecule is CN=CCCCCC(CCSCc1ccccc1)SCc1ccccc1. The lowest BCUT2D eigenvalue weighted by atomic mass is 10.1. The first-order valence-corrected chi connectivity index (χ1v) is 11.8. The van der Waals surface area contributed by atoms with Crippen LogP contribution in [0.3, 0.4) is 0 Å². The van der Waals surface area contributed by atoms with Gasteiger partial charge in [0.15, 0.2) is 0 Å². The van der Waals surface area contributed by atoms with Gasteiger partial charge in [-0.1, -0.05) is 67.1 Å². The lowest BCUT2D eigenvalue weighted by Gasteiger charge is -2.16. The number of benzene rings is 2. The van der Waals surface area contributed by atoms with Crippen LogP contribution in [-0.2, 0) is 11.5 Å². The smallest absolute Gasteiger partial charge is 0.0273 e. The van der Waals surface area contributed by atoms with Gasteiger partial charge in [-0.3, -0.25) is 0 Å². The third-order valence-corrected chi connectivity index (χ3v) is 6.82. The number of nitrogens with zero attached hydrogens (tertiary/aromatic N) is 1. The summed E-state index contributed by atoms with van der Waals surface area (Å²) in [5.74, 6) is 3.51. The minimum absolute atomic E-state index is 0.761. The predicted octanol–water partition coefficient (Wildman–Crippen LogP) is 6.87. The largest absolute Gasteiger partial charge is 0.301 e. The normalized spacial score (nSPS) is 12.5. The molecule has 0 aliphatic carbocycles. The lowest BCUT2D eigenvalue weighted by Crippen LogP contribution is -2.05. The zero-order valence-electron chi connectivity index (χ0n) is 15.8. The van der Waals surface area contributed by atoms with E-state index in [1.807, 2.05) is 13.3 Å². The van der Waals surface area contributed by atoms with E-state index in [2.05, 4.69) is 89.2 Å². The van der Waals surface area contributed by atoms with Crippen molar-refractivity contribution in [2.75, 3.05) is 12.8 Å². The van der Waals surface area contributed by atoms with Gasteiger partial charge in [0.1, 0.15) is 0 Å². The fraction of sp³-hybridized carbons (Fsp3) is 0.435. The van der Waals surface area contributed by atoms with Gasteiger partial charge in [0.2, 0.25) is 0 Å². The van der Waals surface area contributed by atoms with Crippen molar-refractivity contribution < 1.29 is 0 Å². The molecule has 0 aromatic heterocycles. The minimum atomic E-state index is 0.761. The van der Waals surface area contributed by atoms with Gasteiger partial charge in [0, 0.05) is 23.8 Å². The Hall–Kier alpha value is -1.19. The molecule has 0 amide bonds. The summed E-state index contributed by atoms with van der Waals surface area (Å²) >= 11 is 4.21. The van der Waals surface area contributed by atoms with Gasteiger partial charge in [0.25, 0.3) is 0 Å². The summed E-state index contributed by atoms with van der Waals surface area (Å²) in [6, 6.07) is 21.7. The molecule has 2 aromatic rings. The van der Waals surface area contributed by atoms with Crippen LogP contribution in [0.15, 0.2) is 65.7 Å². The van der Waals surface area contributed by atoms with Crippen molar-refractivity contribution in [1.29, 1.82) is 0 Å². The molecule has 0 saturated carbocycles. The number of hydrogen-bond acceptors (Lipinski definition) is 3. The molecular weight excluding hydrogens is 354 g/mol. The van der Waals surface area contributed by atoms with Gasteiger partial charge in [-0.25, -0.2) is 0 Å². The third kappa shape index (κ3) is 9.49. The second kappa shape index (κ2) is 13.9. The van der Waals surface area contributed by atoms with E-state index in [1.165, 1.54) is 42.6 Å². The van der Waals surface area contributed by atoms with Crippen LogP contribution in [0.4, 0.5) is 0 Å². The molecule has 0 saturated heterocycles. The maximum atomic E-state index is 4.08. The summed E-state index contributed by atoms with van der Waals surface area (Å²) in [5.41, 5.74) is 2.88. The number of hydrogen-bond donors (Lipinski definition) is 0. The highest BCUT2D eigenvalue weighted by molar-refractivity contribution is 7.99. The van der Waals surface area contributed by atoms with Crippen molar-refractivity contribution in [1.82, 2.24) is 0 Å². The molecule has 0 aliphatic heterocycles. The van der Waals surface area contributed by atoms with E-state index in [1.54, 1.807) is 0 Å². The molecule has 0 fully saturated rings. The van der Waals surface area contributed by atoms with Crippen molar-refractivity contribution >= 4 is 29.7 Å². The molecule has 1 unspecified atom stereocenters. The highest BCUT2D eigenvalue weighted by Crippen LogP contribution is 2.27. The van der Waals surface area contributed by atoms with Crippen LogP contribution in [0.1, 0.15) is 43.2 Å². The Balaban J connectivity index is 1.71. The molecule has 3 heteroatoms. The van der Waals surface area contributed by atoms with Gasteiger partial charge in [-0.2, -0.15) is 23.5 Å². The number of aliphatic imine (C=N–C) groups is 1. The van der Waals surface area contributed by atoms with Gasteiger partial charge in [-0.05, 0) is 48.8 Å². The predicted molar refractivity (Wildman–Crippen MR) is 122 cm³/mol. The summed E-state index contributed by atoms with van der Waals surface area (Å²) in [5, 5.41) is 0.761. The van der Waals surface area contributed by atoms with Crippen LogP contribution in [0.2, 0.25) is 0 Å². The summed E-state index contributed by atoms with van der Waals surface area (Å²) in [4.78, 5) is 4.08. The average molecular weight is 386 g/mol. The fourth-order valence-electron chi connectivity index (χ4n) is 2.82. The first-order valence-electron chi connectivity index (χ1n) is 9.56. The van der Waals surface area contributed by atoms with Crippen molar-refractivity contribution in [2.24, 2.45) is 4.99 Å². The zero-order chi connectivity index (χ0) is 18.3. The Morgan fingerprint density at radius 3 is 2.15 bits per heavy atom. The molecule has 140 valence electrons. The van der Waals surface area contributed by atoms with Crippen molar-refractivity contribution in [3.8, 4) is 0 Å². The van der Waals surface area contributed by atoms with Gasteiger partial charge in [-0.15, -0.1) is 0 Å². The third-order valence-electron chi connectivity index (χ3n) is 4.32. The maximum Gasteiger partial charge on any atom is 0.0273 e. The molecular formula is C23H31NS2. The van der Waals surface area contributed by atoms with E-state index < -0.39 is 0 Å². The van der Waals surface area contributed by atoms with Gasteiger partial charge >= 0.3 is 0 Å². The molecule has 0 radical (unpaired) electrons. The van der Waals surface area contributed by atoms with E-state index in [0.717, 1.165) is 23.2 Å². The monoisotopic (exact) mass is 385 g/mol. The summed E-state index contributed by atoms with van der Waals surface area (Å²) in [6.07, 6.45) is 8.35. The van der Waals surface area contributed by atoms with Gasteiger partial charge < -0.3 is 4.99 Å². The Morgan fingerprint density at radius 2 is 1.50 bits per heavy atom. The van der Waals surface area contributed by atoms with E-state index in [0.29, 0.717) is 0 Å². The van der Waals surface area contributed by atoms with Crippen molar-refractivity contribution in [3.05, 3.63) is 71.8 Å². The summed E-state index contributed by atoms with van der Waals surface area (Å²) in [6.45, 7) is 0. The molecule has 2 aromatic carbocycles. The average Bonchev–Trinajstić information content (AvgIpc) is 2.70. The molecule has 0 N–H and O–H groups in total. The van der Waals surface area contributed by atoms with E-state index >= 15 is 0 Å². The van der Waals surface area contributed by atoms with Crippen LogP contribution < -0.4 is 0 Å². The number of thioether (sulfide) groups is 2. The van der Waals surface area contributed by atoms with Gasteiger partial charge in [0.05, 0.1) is 0 Å². The number of rotatable bonds is 13. The topological polar surface area (TPSA) is 12.4 Å². The molecule has 2 rings (SSSR count). The first kappa shape index (κ1) is 21.1. The quantitative estimate of drug-likeness (QED) is 0.275. The second-order valence-electron chi connectivity index (χ2n) is 6.47. The van der Waals surface area contributed by atoms with Crippen LogP contribution in [0.25, 0.3) is 0 Å². The molecule has 0 bridgehead atoms. The van der Waals surface area contributed by atoms with E-state index in [4.69, 9.17) is 0 Å². The molecule has 1 atom stereocenters. The lowest BCUT2D eigenvalue weighted by molar-refractivity contribution is 0.660. The van der Waals surface area contributed by atoms with Crippen LogP contribution in [0, 0.1) is 0 Å². The Morgan fingerprint density at radius 1 is 0.846 bits per heavy atom. The van der Waals surface area contributed by atoms with E-state index in [9.17, 15) is 0 Å². The van der Waals surface area contributed by atoms with Crippen molar-refractivity contribution in [2.45, 2.75) is 48.9 Å². The Bertz CT molecular complexity index is 598. The highest BCUT2D eigenvalue weighted by Gasteiger charge is 2.10. The standard InChI is InChI=1S/C23H31NS2/c1-24-17-10-4-9-15-23(26-20-22-13-7-3-8-14-22)16-18-25-19-21-11-5-2-6-12-21/h2-3,5-8,11-14,17,23H,4,9-10,15-16,18-20H2,1H3. The van der Waals surface area contributed by atoms with E-state index in [-0.39, 0.29) is 0 Å². The Kier molecular flexibility index (Phi) is 11.3. The fourth-order valence-corrected chi connectivity index (χ4v) is 5.23. The molecule has 0 spiro atoms. The molecule has 0 heterocycles. The maximum absolute atomic E-state index is 4.08. The summed E-state index contributed by atoms with van der Waals surface area (Å²) < 4.78 is 0. The molecule has 0 aliphatic rings. The van der Waals surface area contributed by atoms with Crippen LogP contribution >= 0.6 is 23.5 Å². The first-order chi connectivity index (χ1) is 12.9. The van der Waals surface area contributed by atoms with Crippen LogP contribution in [-0.4, -0.2) is 24.3 Å². The van der Waals surface area contributed by atoms with Crippen molar-refractivity contribution in [3.63, 3.8) is 0 Å². The molecule has 26 heavy (non-hydrogen) atoms. The second-order valence-corrected chi connectivity index (χ2v) is 8.86.